The zero-order chi connectivity index (χ0) is 15.9. The molecule has 2 aromatic rings. The first-order chi connectivity index (χ1) is 10.7. The van der Waals surface area contributed by atoms with Gasteiger partial charge in [-0.15, -0.1) is 16.4 Å². The van der Waals surface area contributed by atoms with Crippen molar-refractivity contribution in [2.75, 3.05) is 0 Å². The highest BCUT2D eigenvalue weighted by Crippen LogP contribution is 2.25. The third-order valence-corrected chi connectivity index (χ3v) is 4.55. The molecule has 0 aliphatic carbocycles. The molecule has 7 heteroatoms. The minimum atomic E-state index is -0.298. The summed E-state index contributed by atoms with van der Waals surface area (Å²) in [6.07, 6.45) is 3.95. The Bertz CT molecular complexity index is 621. The van der Waals surface area contributed by atoms with Crippen LogP contribution in [0, 0.1) is 0 Å². The first-order valence-corrected chi connectivity index (χ1v) is 8.54. The standard InChI is InChI=1S/C15H22N4O2S/c1-4-7-12-11(6-3)9-13(22-12)15(20)21-10-14-16-17-18-19(14)8-5-2/h9H,4-8,10H2,1-3H3. The summed E-state index contributed by atoms with van der Waals surface area (Å²) in [4.78, 5) is 14.2. The molecule has 0 bridgehead atoms. The molecule has 0 saturated carbocycles. The molecule has 0 aliphatic heterocycles. The molecule has 2 heterocycles. The van der Waals surface area contributed by atoms with Gasteiger partial charge in [0.15, 0.2) is 12.4 Å². The van der Waals surface area contributed by atoms with E-state index in [0.717, 1.165) is 32.2 Å². The summed E-state index contributed by atoms with van der Waals surface area (Å²) in [5.74, 6) is 0.282. The molecule has 0 spiro atoms. The molecule has 0 amide bonds. The van der Waals surface area contributed by atoms with Crippen molar-refractivity contribution in [2.24, 2.45) is 0 Å². The maximum absolute atomic E-state index is 12.2. The number of aryl methyl sites for hydroxylation is 3. The highest BCUT2D eigenvalue weighted by Gasteiger charge is 2.16. The van der Waals surface area contributed by atoms with Crippen LogP contribution >= 0.6 is 11.3 Å². The molecule has 0 saturated heterocycles. The molecule has 0 aliphatic rings. The number of rotatable bonds is 8. The molecule has 0 aromatic carbocycles. The monoisotopic (exact) mass is 322 g/mol. The number of esters is 1. The van der Waals surface area contributed by atoms with Gasteiger partial charge in [-0.05, 0) is 41.3 Å². The van der Waals surface area contributed by atoms with Gasteiger partial charge in [0.25, 0.3) is 0 Å². The Morgan fingerprint density at radius 1 is 1.32 bits per heavy atom. The molecule has 0 radical (unpaired) electrons. The van der Waals surface area contributed by atoms with Crippen LogP contribution < -0.4 is 0 Å². The minimum absolute atomic E-state index is 0.105. The van der Waals surface area contributed by atoms with E-state index in [4.69, 9.17) is 4.74 Å². The number of hydrogen-bond acceptors (Lipinski definition) is 6. The molecule has 2 aromatic heterocycles. The number of hydrogen-bond donors (Lipinski definition) is 0. The molecular formula is C15H22N4O2S. The Morgan fingerprint density at radius 2 is 2.14 bits per heavy atom. The molecule has 2 rings (SSSR count). The van der Waals surface area contributed by atoms with Crippen LogP contribution in [0.3, 0.4) is 0 Å². The lowest BCUT2D eigenvalue weighted by atomic mass is 10.1. The summed E-state index contributed by atoms with van der Waals surface area (Å²) >= 11 is 1.54. The maximum Gasteiger partial charge on any atom is 0.348 e. The van der Waals surface area contributed by atoms with Crippen molar-refractivity contribution in [1.82, 2.24) is 20.2 Å². The maximum atomic E-state index is 12.2. The van der Waals surface area contributed by atoms with Gasteiger partial charge in [-0.25, -0.2) is 9.48 Å². The fourth-order valence-electron chi connectivity index (χ4n) is 2.22. The van der Waals surface area contributed by atoms with Gasteiger partial charge >= 0.3 is 5.97 Å². The zero-order valence-corrected chi connectivity index (χ0v) is 14.2. The fraction of sp³-hybridized carbons (Fsp3) is 0.600. The van der Waals surface area contributed by atoms with E-state index in [-0.39, 0.29) is 12.6 Å². The van der Waals surface area contributed by atoms with E-state index in [0.29, 0.717) is 10.7 Å². The van der Waals surface area contributed by atoms with Crippen molar-refractivity contribution in [2.45, 2.75) is 59.6 Å². The van der Waals surface area contributed by atoms with Crippen LogP contribution in [0.15, 0.2) is 6.07 Å². The number of carbonyl (C=O) groups excluding carboxylic acids is 1. The fourth-order valence-corrected chi connectivity index (χ4v) is 3.47. The third kappa shape index (κ3) is 3.91. The summed E-state index contributed by atoms with van der Waals surface area (Å²) in [6.45, 7) is 7.12. The number of thiophene rings is 1. The summed E-state index contributed by atoms with van der Waals surface area (Å²) < 4.78 is 7.03. The van der Waals surface area contributed by atoms with Gasteiger partial charge in [-0.2, -0.15) is 0 Å². The summed E-state index contributed by atoms with van der Waals surface area (Å²) in [6, 6.07) is 1.95. The van der Waals surface area contributed by atoms with Crippen molar-refractivity contribution >= 4 is 17.3 Å². The van der Waals surface area contributed by atoms with E-state index in [1.54, 1.807) is 4.68 Å². The summed E-state index contributed by atoms with van der Waals surface area (Å²) in [5, 5.41) is 11.4. The highest BCUT2D eigenvalue weighted by atomic mass is 32.1. The van der Waals surface area contributed by atoms with E-state index >= 15 is 0 Å². The predicted molar refractivity (Wildman–Crippen MR) is 84.9 cm³/mol. The molecule has 120 valence electrons. The Labute approximate surface area is 134 Å². The molecular weight excluding hydrogens is 300 g/mol. The number of carbonyl (C=O) groups is 1. The van der Waals surface area contributed by atoms with Gasteiger partial charge in [0.2, 0.25) is 0 Å². The van der Waals surface area contributed by atoms with Crippen molar-refractivity contribution in [3.8, 4) is 0 Å². The summed E-state index contributed by atoms with van der Waals surface area (Å²) in [5.41, 5.74) is 1.25. The Hall–Kier alpha value is -1.76. The topological polar surface area (TPSA) is 69.9 Å². The van der Waals surface area contributed by atoms with Gasteiger partial charge in [0.05, 0.1) is 0 Å². The number of tetrazole rings is 1. The minimum Gasteiger partial charge on any atom is -0.453 e. The quantitative estimate of drug-likeness (QED) is 0.699. The van der Waals surface area contributed by atoms with Crippen LogP contribution in [0.5, 0.6) is 0 Å². The smallest absolute Gasteiger partial charge is 0.348 e. The lowest BCUT2D eigenvalue weighted by Gasteiger charge is -2.03. The Balaban J connectivity index is 2.01. The average Bonchev–Trinajstić information content (AvgIpc) is 3.12. The molecule has 0 atom stereocenters. The SMILES string of the molecule is CCCc1sc(C(=O)OCc2nnnn2CCC)cc1CC. The van der Waals surface area contributed by atoms with Gasteiger partial charge in [0.1, 0.15) is 4.88 Å². The highest BCUT2D eigenvalue weighted by molar-refractivity contribution is 7.14. The van der Waals surface area contributed by atoms with E-state index in [2.05, 4.69) is 29.4 Å². The van der Waals surface area contributed by atoms with Crippen LogP contribution in [-0.4, -0.2) is 26.2 Å². The Morgan fingerprint density at radius 3 is 2.82 bits per heavy atom. The van der Waals surface area contributed by atoms with Crippen LogP contribution in [-0.2, 0) is 30.7 Å². The van der Waals surface area contributed by atoms with Crippen molar-refractivity contribution < 1.29 is 9.53 Å². The molecule has 0 N–H and O–H groups in total. The van der Waals surface area contributed by atoms with E-state index in [9.17, 15) is 4.79 Å². The zero-order valence-electron chi connectivity index (χ0n) is 13.3. The van der Waals surface area contributed by atoms with Gasteiger partial charge in [-0.1, -0.05) is 27.2 Å². The van der Waals surface area contributed by atoms with Crippen LogP contribution in [0.1, 0.15) is 59.5 Å². The molecule has 0 unspecified atom stereocenters. The normalized spacial score (nSPS) is 10.9. The van der Waals surface area contributed by atoms with Crippen molar-refractivity contribution in [1.29, 1.82) is 0 Å². The lowest BCUT2D eigenvalue weighted by molar-refractivity contribution is 0.0462. The number of nitrogens with zero attached hydrogens (tertiary/aromatic N) is 4. The molecule has 22 heavy (non-hydrogen) atoms. The lowest BCUT2D eigenvalue weighted by Crippen LogP contribution is -2.10. The van der Waals surface area contributed by atoms with Crippen molar-refractivity contribution in [3.63, 3.8) is 0 Å². The van der Waals surface area contributed by atoms with Crippen LogP contribution in [0.2, 0.25) is 0 Å². The molecule has 0 fully saturated rings. The first kappa shape index (κ1) is 16.6. The van der Waals surface area contributed by atoms with Crippen LogP contribution in [0.4, 0.5) is 0 Å². The van der Waals surface area contributed by atoms with Gasteiger partial charge in [-0.3, -0.25) is 0 Å². The van der Waals surface area contributed by atoms with Crippen molar-refractivity contribution in [3.05, 3.63) is 27.2 Å². The van der Waals surface area contributed by atoms with E-state index < -0.39 is 0 Å². The number of ether oxygens (including phenoxy) is 1. The molecule has 6 nitrogen and oxygen atoms in total. The third-order valence-electron chi connectivity index (χ3n) is 3.33. The van der Waals surface area contributed by atoms with Gasteiger partial charge in [0, 0.05) is 11.4 Å². The second kappa shape index (κ2) is 8.03. The second-order valence-electron chi connectivity index (χ2n) is 5.06. The van der Waals surface area contributed by atoms with Crippen LogP contribution in [0.25, 0.3) is 0 Å². The van der Waals surface area contributed by atoms with Gasteiger partial charge < -0.3 is 4.74 Å². The van der Waals surface area contributed by atoms with E-state index in [1.165, 1.54) is 21.8 Å². The average molecular weight is 322 g/mol. The first-order valence-electron chi connectivity index (χ1n) is 7.73. The number of aromatic nitrogens is 4. The van der Waals surface area contributed by atoms with E-state index in [1.807, 2.05) is 13.0 Å². The second-order valence-corrected chi connectivity index (χ2v) is 6.19. The predicted octanol–water partition coefficient (Wildman–Crippen LogP) is 3.02. The Kier molecular flexibility index (Phi) is 6.06. The largest absolute Gasteiger partial charge is 0.453 e. The summed E-state index contributed by atoms with van der Waals surface area (Å²) in [7, 11) is 0.